The van der Waals surface area contributed by atoms with E-state index in [-0.39, 0.29) is 0 Å². The van der Waals surface area contributed by atoms with Gasteiger partial charge in [-0.2, -0.15) is 0 Å². The van der Waals surface area contributed by atoms with Crippen LogP contribution in [0, 0.1) is 0 Å². The van der Waals surface area contributed by atoms with Crippen LogP contribution in [-0.4, -0.2) is 11.6 Å². The quantitative estimate of drug-likeness (QED) is 0.910. The minimum absolute atomic E-state index is 0.825. The van der Waals surface area contributed by atoms with E-state index in [1.54, 1.807) is 11.3 Å². The molecule has 0 atom stereocenters. The lowest BCUT2D eigenvalue weighted by Gasteiger charge is -2.05. The number of fused-ring (bicyclic) bond motifs is 1. The van der Waals surface area contributed by atoms with E-state index in [1.165, 1.54) is 21.0 Å². The molecule has 0 fully saturated rings. The fourth-order valence-corrected chi connectivity index (χ4v) is 3.09. The Morgan fingerprint density at radius 1 is 1.37 bits per heavy atom. The van der Waals surface area contributed by atoms with Crippen LogP contribution >= 0.6 is 11.3 Å². The van der Waals surface area contributed by atoms with Crippen LogP contribution in [0.5, 0.6) is 5.75 Å². The number of nitrogens with zero attached hydrogens (tertiary/aromatic N) is 1. The molecule has 0 unspecified atom stereocenters. The van der Waals surface area contributed by atoms with E-state index >= 15 is 0 Å². The molecular formula is C15H18N2OS. The van der Waals surface area contributed by atoms with Crippen molar-refractivity contribution in [2.75, 3.05) is 6.61 Å². The number of aryl methyl sites for hydroxylation is 1. The van der Waals surface area contributed by atoms with Crippen molar-refractivity contribution in [2.24, 2.45) is 0 Å². The number of hydrogen-bond acceptors (Lipinski definition) is 4. The maximum Gasteiger partial charge on any atom is 0.122 e. The summed E-state index contributed by atoms with van der Waals surface area (Å²) in [6.45, 7) is 4.72. The summed E-state index contributed by atoms with van der Waals surface area (Å²) < 4.78 is 5.51. The summed E-state index contributed by atoms with van der Waals surface area (Å²) >= 11 is 1.79. The van der Waals surface area contributed by atoms with Gasteiger partial charge in [-0.1, -0.05) is 19.1 Å². The second-order valence-corrected chi connectivity index (χ2v) is 5.92. The first kappa shape index (κ1) is 12.6. The molecule has 0 amide bonds. The van der Waals surface area contributed by atoms with Gasteiger partial charge in [0.2, 0.25) is 0 Å². The van der Waals surface area contributed by atoms with Crippen LogP contribution < -0.4 is 10.1 Å². The largest absolute Gasteiger partial charge is 0.493 e. The molecule has 3 nitrogen and oxygen atoms in total. The van der Waals surface area contributed by atoms with E-state index in [0.717, 1.165) is 38.3 Å². The van der Waals surface area contributed by atoms with Gasteiger partial charge in [-0.05, 0) is 23.6 Å². The molecule has 0 saturated heterocycles. The highest BCUT2D eigenvalue weighted by atomic mass is 32.1. The molecule has 3 rings (SSSR count). The van der Waals surface area contributed by atoms with Crippen LogP contribution in [-0.2, 0) is 25.9 Å². The van der Waals surface area contributed by atoms with Crippen LogP contribution in [0.25, 0.3) is 0 Å². The molecule has 19 heavy (non-hydrogen) atoms. The Morgan fingerprint density at radius 2 is 2.32 bits per heavy atom. The number of hydrogen-bond donors (Lipinski definition) is 1. The Bertz CT molecular complexity index is 565. The molecule has 1 aromatic carbocycles. The van der Waals surface area contributed by atoms with Crippen LogP contribution in [0.15, 0.2) is 24.4 Å². The van der Waals surface area contributed by atoms with Crippen LogP contribution in [0.3, 0.4) is 0 Å². The van der Waals surface area contributed by atoms with Crippen LogP contribution in [0.2, 0.25) is 0 Å². The summed E-state index contributed by atoms with van der Waals surface area (Å²) in [5.41, 5.74) is 2.65. The Balaban J connectivity index is 1.54. The van der Waals surface area contributed by atoms with Crippen molar-refractivity contribution in [1.82, 2.24) is 10.3 Å². The fraction of sp³-hybridized carbons (Fsp3) is 0.400. The number of thiazole rings is 1. The van der Waals surface area contributed by atoms with Gasteiger partial charge in [-0.15, -0.1) is 11.3 Å². The van der Waals surface area contributed by atoms with Crippen molar-refractivity contribution in [3.05, 3.63) is 45.4 Å². The molecule has 1 aliphatic rings. The summed E-state index contributed by atoms with van der Waals surface area (Å²) in [6.07, 6.45) is 4.09. The van der Waals surface area contributed by atoms with Gasteiger partial charge in [0.05, 0.1) is 6.61 Å². The SMILES string of the molecule is CCc1cnc(CNCc2ccc3c(c2)CCO3)s1. The van der Waals surface area contributed by atoms with Gasteiger partial charge in [0.15, 0.2) is 0 Å². The topological polar surface area (TPSA) is 34.2 Å². The number of aromatic nitrogens is 1. The van der Waals surface area contributed by atoms with E-state index in [0.29, 0.717) is 0 Å². The summed E-state index contributed by atoms with van der Waals surface area (Å²) in [5, 5.41) is 4.62. The number of benzene rings is 1. The Labute approximate surface area is 117 Å². The minimum Gasteiger partial charge on any atom is -0.493 e. The summed E-state index contributed by atoms with van der Waals surface area (Å²) in [5.74, 6) is 1.05. The van der Waals surface area contributed by atoms with Crippen molar-refractivity contribution in [1.29, 1.82) is 0 Å². The average Bonchev–Trinajstić information content (AvgIpc) is 3.06. The van der Waals surface area contributed by atoms with Crippen LogP contribution in [0.4, 0.5) is 0 Å². The molecule has 0 aliphatic carbocycles. The van der Waals surface area contributed by atoms with Crippen molar-refractivity contribution in [2.45, 2.75) is 32.9 Å². The lowest BCUT2D eigenvalue weighted by atomic mass is 10.1. The van der Waals surface area contributed by atoms with Crippen LogP contribution in [0.1, 0.15) is 27.9 Å². The molecule has 1 N–H and O–H groups in total. The Morgan fingerprint density at radius 3 is 3.16 bits per heavy atom. The molecule has 1 aliphatic heterocycles. The predicted octanol–water partition coefficient (Wildman–Crippen LogP) is 2.93. The Kier molecular flexibility index (Phi) is 3.80. The van der Waals surface area contributed by atoms with Gasteiger partial charge in [0.1, 0.15) is 10.8 Å². The van der Waals surface area contributed by atoms with Gasteiger partial charge in [0, 0.05) is 30.6 Å². The molecule has 0 spiro atoms. The zero-order valence-electron chi connectivity index (χ0n) is 11.1. The van der Waals surface area contributed by atoms with Gasteiger partial charge in [0.25, 0.3) is 0 Å². The number of nitrogens with one attached hydrogen (secondary N) is 1. The lowest BCUT2D eigenvalue weighted by Crippen LogP contribution is -2.12. The standard InChI is InChI=1S/C15H18N2OS/c1-2-13-9-17-15(19-13)10-16-8-11-3-4-14-12(7-11)5-6-18-14/h3-4,7,9,16H,2,5-6,8,10H2,1H3. The van der Waals surface area contributed by atoms with E-state index in [1.807, 2.05) is 6.20 Å². The third-order valence-corrected chi connectivity index (χ3v) is 4.45. The molecule has 100 valence electrons. The molecule has 0 saturated carbocycles. The van der Waals surface area contributed by atoms with E-state index < -0.39 is 0 Å². The van der Waals surface area contributed by atoms with E-state index in [2.05, 4.69) is 35.4 Å². The van der Waals surface area contributed by atoms with E-state index in [9.17, 15) is 0 Å². The summed E-state index contributed by atoms with van der Waals surface area (Å²) in [7, 11) is 0. The maximum absolute atomic E-state index is 5.51. The maximum atomic E-state index is 5.51. The van der Waals surface area contributed by atoms with Crippen molar-refractivity contribution < 1.29 is 4.74 Å². The summed E-state index contributed by atoms with van der Waals surface area (Å²) in [4.78, 5) is 5.77. The van der Waals surface area contributed by atoms with E-state index in [4.69, 9.17) is 4.74 Å². The van der Waals surface area contributed by atoms with Gasteiger partial charge < -0.3 is 10.1 Å². The first-order valence-electron chi connectivity index (χ1n) is 6.74. The minimum atomic E-state index is 0.825. The fourth-order valence-electron chi connectivity index (χ4n) is 2.26. The summed E-state index contributed by atoms with van der Waals surface area (Å²) in [6, 6.07) is 6.46. The Hall–Kier alpha value is -1.39. The van der Waals surface area contributed by atoms with Gasteiger partial charge in [-0.3, -0.25) is 0 Å². The smallest absolute Gasteiger partial charge is 0.122 e. The zero-order chi connectivity index (χ0) is 13.1. The highest BCUT2D eigenvalue weighted by molar-refractivity contribution is 7.11. The first-order valence-corrected chi connectivity index (χ1v) is 7.55. The predicted molar refractivity (Wildman–Crippen MR) is 77.7 cm³/mol. The number of ether oxygens (including phenoxy) is 1. The third-order valence-electron chi connectivity index (χ3n) is 3.31. The second kappa shape index (κ2) is 5.72. The van der Waals surface area contributed by atoms with Crippen molar-refractivity contribution in [3.8, 4) is 5.75 Å². The normalized spacial score (nSPS) is 13.3. The molecule has 4 heteroatoms. The van der Waals surface area contributed by atoms with Crippen molar-refractivity contribution in [3.63, 3.8) is 0 Å². The first-order chi connectivity index (χ1) is 9.35. The van der Waals surface area contributed by atoms with Crippen molar-refractivity contribution >= 4 is 11.3 Å². The number of rotatable bonds is 5. The molecule has 0 radical (unpaired) electrons. The lowest BCUT2D eigenvalue weighted by molar-refractivity contribution is 0.357. The zero-order valence-corrected chi connectivity index (χ0v) is 11.9. The third kappa shape index (κ3) is 2.96. The monoisotopic (exact) mass is 274 g/mol. The molecule has 2 aromatic rings. The van der Waals surface area contributed by atoms with Gasteiger partial charge >= 0.3 is 0 Å². The molecule has 1 aromatic heterocycles. The molecule has 2 heterocycles. The highest BCUT2D eigenvalue weighted by Gasteiger charge is 2.11. The molecule has 0 bridgehead atoms. The molecular weight excluding hydrogens is 256 g/mol. The second-order valence-electron chi connectivity index (χ2n) is 4.72. The highest BCUT2D eigenvalue weighted by Crippen LogP contribution is 2.25. The average molecular weight is 274 g/mol. The van der Waals surface area contributed by atoms with Gasteiger partial charge in [-0.25, -0.2) is 4.98 Å².